The van der Waals surface area contributed by atoms with Gasteiger partial charge in [0.1, 0.15) is 36.2 Å². The van der Waals surface area contributed by atoms with Crippen LogP contribution in [0.25, 0.3) is 22.2 Å². The summed E-state index contributed by atoms with van der Waals surface area (Å²) >= 11 is 10.3. The summed E-state index contributed by atoms with van der Waals surface area (Å²) in [7, 11) is 0. The van der Waals surface area contributed by atoms with Crippen LogP contribution in [-0.2, 0) is 51.2 Å². The first-order valence-corrected chi connectivity index (χ1v) is 17.9. The minimum atomic E-state index is -4.22. The number of nitrogens with one attached hydrogen (secondary N) is 1. The first-order valence-electron chi connectivity index (χ1n) is 12.7. The maximum absolute atomic E-state index is 15.5. The van der Waals surface area contributed by atoms with Crippen LogP contribution in [0.5, 0.6) is 0 Å². The Kier molecular flexibility index (Phi) is 8.54. The minimum Gasteiger partial charge on any atom is -0.383 e. The molecule has 8 atom stereocenters. The van der Waals surface area contributed by atoms with E-state index < -0.39 is 62.7 Å². The van der Waals surface area contributed by atoms with Crippen molar-refractivity contribution >= 4 is 71.0 Å². The Hall–Kier alpha value is -2.59. The van der Waals surface area contributed by atoms with Crippen molar-refractivity contribution in [1.29, 1.82) is 0 Å². The lowest BCUT2D eigenvalue weighted by Gasteiger charge is -2.29. The highest BCUT2D eigenvalue weighted by molar-refractivity contribution is 8.07. The van der Waals surface area contributed by atoms with E-state index in [2.05, 4.69) is 30.2 Å². The van der Waals surface area contributed by atoms with E-state index in [0.29, 0.717) is 11.0 Å². The molecule has 3 unspecified atom stereocenters. The lowest BCUT2D eigenvalue weighted by atomic mass is 10.2. The van der Waals surface area contributed by atoms with Crippen LogP contribution < -0.4 is 17.0 Å². The van der Waals surface area contributed by atoms with Crippen molar-refractivity contribution in [3.05, 3.63) is 28.9 Å². The average molecular weight is 695 g/mol. The number of nitrogens with two attached hydrogens (primary N) is 2. The third-order valence-corrected chi connectivity index (χ3v) is 9.77. The van der Waals surface area contributed by atoms with Gasteiger partial charge in [0, 0.05) is 12.6 Å². The van der Waals surface area contributed by atoms with Gasteiger partial charge in [0.25, 0.3) is 5.56 Å². The van der Waals surface area contributed by atoms with E-state index in [0.717, 1.165) is 4.68 Å². The van der Waals surface area contributed by atoms with E-state index >= 15 is 4.39 Å². The highest BCUT2D eigenvalue weighted by Gasteiger charge is 2.44. The summed E-state index contributed by atoms with van der Waals surface area (Å²) in [5.74, 6) is 0.0259. The molecule has 2 bridgehead atoms. The van der Waals surface area contributed by atoms with Gasteiger partial charge in [-0.25, -0.2) is 14.4 Å². The van der Waals surface area contributed by atoms with Gasteiger partial charge in [-0.15, -0.1) is 5.10 Å². The van der Waals surface area contributed by atoms with E-state index in [-0.39, 0.29) is 36.0 Å². The summed E-state index contributed by atoms with van der Waals surface area (Å²) in [6.07, 6.45) is -5.14. The van der Waals surface area contributed by atoms with Crippen molar-refractivity contribution in [1.82, 2.24) is 39.5 Å². The maximum atomic E-state index is 15.5. The minimum absolute atomic E-state index is 0.00401. The molecule has 2 fully saturated rings. The molecule has 6 heterocycles. The zero-order valence-electron chi connectivity index (χ0n) is 22.4. The molecule has 4 aromatic heterocycles. The van der Waals surface area contributed by atoms with Gasteiger partial charge < -0.3 is 48.9 Å². The lowest BCUT2D eigenvalue weighted by Crippen LogP contribution is -2.34. The van der Waals surface area contributed by atoms with Crippen LogP contribution in [0.1, 0.15) is 25.8 Å². The highest BCUT2D eigenvalue weighted by atomic mass is 32.5. The molecule has 24 heteroatoms. The zero-order chi connectivity index (χ0) is 31.4. The Morgan fingerprint density at radius 1 is 1.18 bits per heavy atom. The number of fused-ring (bicyclic) bond motifs is 4. The van der Waals surface area contributed by atoms with Gasteiger partial charge in [-0.3, -0.25) is 14.3 Å². The number of rotatable bonds is 4. The standard InChI is InChI=1S/C20H25FN10O9P2S2/c1-8(30-3-2-10-15(22)24-7-25-16(10)30)37-12-6-36-41(33,43)39-11-4-9(5-35-42(34,44)40-14(12)21)38-19(11)31-17-13(28-29-31)18(32)27-20(23)26-17/h2-3,7-9,11-12,14,19H,4-6H2,1H3,(H,33,43)(H,34,44)(H2,22,24,25)(H3,23,26,27,32)/t8-,9+,11-,12-,14?,19-,41?,42?/m1/s1. The number of hydrogen-bond acceptors (Lipinski definition) is 16. The molecule has 238 valence electrons. The summed E-state index contributed by atoms with van der Waals surface area (Å²) in [5.41, 5.74) is 11.2. The summed E-state index contributed by atoms with van der Waals surface area (Å²) in [6.45, 7) is -7.87. The summed E-state index contributed by atoms with van der Waals surface area (Å²) in [5, 5.41) is 8.30. The second-order valence-corrected chi connectivity index (χ2v) is 15.2. The fourth-order valence-electron chi connectivity index (χ4n) is 4.71. The number of H-pyrrole nitrogens is 1. The number of nitrogens with zero attached hydrogens (tertiary/aromatic N) is 7. The molecule has 7 N–H and O–H groups in total. The van der Waals surface area contributed by atoms with Gasteiger partial charge in [0.2, 0.25) is 12.3 Å². The summed E-state index contributed by atoms with van der Waals surface area (Å²) in [4.78, 5) is 48.4. The average Bonchev–Trinajstić information content (AvgIpc) is 3.66. The number of aromatic nitrogens is 8. The molecule has 0 radical (unpaired) electrons. The third kappa shape index (κ3) is 6.39. The second kappa shape index (κ2) is 12.0. The quantitative estimate of drug-likeness (QED) is 0.182. The summed E-state index contributed by atoms with van der Waals surface area (Å²) < 4.78 is 51.8. The normalized spacial score (nSPS) is 32.7. The van der Waals surface area contributed by atoms with Crippen molar-refractivity contribution in [3.8, 4) is 0 Å². The fraction of sp³-hybridized carbons (Fsp3) is 0.500. The first-order chi connectivity index (χ1) is 20.8. The zero-order valence-corrected chi connectivity index (χ0v) is 25.9. The topological polar surface area (TPSA) is 255 Å². The van der Waals surface area contributed by atoms with Crippen LogP contribution in [0.2, 0.25) is 0 Å². The predicted molar refractivity (Wildman–Crippen MR) is 156 cm³/mol. The summed E-state index contributed by atoms with van der Waals surface area (Å²) in [6, 6.07) is 1.66. The molecule has 0 amide bonds. The van der Waals surface area contributed by atoms with E-state index in [1.165, 1.54) is 6.33 Å². The Morgan fingerprint density at radius 3 is 2.73 bits per heavy atom. The number of aromatic amines is 1. The van der Waals surface area contributed by atoms with Crippen LogP contribution in [0.15, 0.2) is 23.4 Å². The van der Waals surface area contributed by atoms with Gasteiger partial charge in [0.15, 0.2) is 17.4 Å². The van der Waals surface area contributed by atoms with Crippen molar-refractivity contribution in [3.63, 3.8) is 0 Å². The van der Waals surface area contributed by atoms with Crippen LogP contribution in [0, 0.1) is 0 Å². The van der Waals surface area contributed by atoms with Gasteiger partial charge >= 0.3 is 13.4 Å². The molecule has 2 aliphatic rings. The van der Waals surface area contributed by atoms with Crippen molar-refractivity contribution < 1.29 is 41.7 Å². The Bertz CT molecular complexity index is 1860. The molecular weight excluding hydrogens is 669 g/mol. The van der Waals surface area contributed by atoms with Gasteiger partial charge in [-0.2, -0.15) is 9.67 Å². The molecule has 2 saturated heterocycles. The number of anilines is 2. The van der Waals surface area contributed by atoms with Crippen molar-refractivity contribution in [2.45, 2.75) is 50.5 Å². The highest BCUT2D eigenvalue weighted by Crippen LogP contribution is 2.52. The number of ether oxygens (including phenoxy) is 2. The SMILES string of the molecule is C[C@@H](O[C@@H]1COP(O)(=S)O[C@@H]2C[C@@H](COP(O)(=S)OC1F)O[C@H]2n1nnc2c(=O)[nH]c(N)nc21)n1ccc2c(N)ncnc21. The third-order valence-electron chi connectivity index (χ3n) is 6.66. The van der Waals surface area contributed by atoms with Crippen LogP contribution in [0.4, 0.5) is 16.2 Å². The molecule has 0 spiro atoms. The lowest BCUT2D eigenvalue weighted by molar-refractivity contribution is -0.147. The van der Waals surface area contributed by atoms with Crippen LogP contribution in [-0.4, -0.2) is 87.2 Å². The predicted octanol–water partition coefficient (Wildman–Crippen LogP) is 0.493. The van der Waals surface area contributed by atoms with E-state index in [1.54, 1.807) is 23.8 Å². The van der Waals surface area contributed by atoms with Crippen LogP contribution in [0.3, 0.4) is 0 Å². The molecule has 44 heavy (non-hydrogen) atoms. The van der Waals surface area contributed by atoms with Gasteiger partial charge in [0.05, 0.1) is 24.7 Å². The molecule has 2 aliphatic heterocycles. The Labute approximate surface area is 256 Å². The Balaban J connectivity index is 1.27. The van der Waals surface area contributed by atoms with Gasteiger partial charge in [-0.05, 0) is 36.6 Å². The molecule has 19 nitrogen and oxygen atoms in total. The fourth-order valence-corrected chi connectivity index (χ4v) is 7.39. The van der Waals surface area contributed by atoms with E-state index in [4.69, 9.17) is 62.6 Å². The molecular formula is C20H25FN10O9P2S2. The van der Waals surface area contributed by atoms with Gasteiger partial charge in [-0.1, -0.05) is 5.21 Å². The molecule has 6 rings (SSSR count). The number of nitrogen functional groups attached to an aromatic ring is 2. The van der Waals surface area contributed by atoms with Crippen molar-refractivity contribution in [2.24, 2.45) is 0 Å². The Morgan fingerprint density at radius 2 is 1.93 bits per heavy atom. The second-order valence-electron chi connectivity index (χ2n) is 9.66. The first kappa shape index (κ1) is 31.4. The molecule has 0 aliphatic carbocycles. The van der Waals surface area contributed by atoms with Crippen molar-refractivity contribution in [2.75, 3.05) is 24.7 Å². The van der Waals surface area contributed by atoms with E-state index in [9.17, 15) is 14.6 Å². The number of halogens is 1. The molecule has 0 aromatic carbocycles. The molecule has 4 aromatic rings. The smallest absolute Gasteiger partial charge is 0.327 e. The molecule has 0 saturated carbocycles. The number of hydrogen-bond donors (Lipinski definition) is 5. The monoisotopic (exact) mass is 694 g/mol. The number of alkyl halides is 1. The van der Waals surface area contributed by atoms with Crippen LogP contribution >= 0.6 is 13.4 Å². The van der Waals surface area contributed by atoms with E-state index in [1.807, 2.05) is 0 Å². The largest absolute Gasteiger partial charge is 0.383 e. The maximum Gasteiger partial charge on any atom is 0.327 e.